The molecule has 0 bridgehead atoms. The molecular formula is C40H32P2+2. The van der Waals surface area contributed by atoms with Gasteiger partial charge >= 0.3 is 0 Å². The van der Waals surface area contributed by atoms with E-state index in [-0.39, 0.29) is 0 Å². The molecule has 0 unspecified atom stereocenters. The summed E-state index contributed by atoms with van der Waals surface area (Å²) in [5, 5.41) is 8.36. The Kier molecular flexibility index (Phi) is 7.27. The van der Waals surface area contributed by atoms with Crippen molar-refractivity contribution in [3.63, 3.8) is 0 Å². The van der Waals surface area contributed by atoms with Crippen molar-refractivity contribution in [2.75, 3.05) is 0 Å². The van der Waals surface area contributed by atoms with Crippen LogP contribution in [0.25, 0.3) is 10.6 Å². The zero-order valence-corrected chi connectivity index (χ0v) is 25.2. The highest BCUT2D eigenvalue weighted by atomic mass is 31.2. The van der Waals surface area contributed by atoms with Gasteiger partial charge in [-0.2, -0.15) is 0 Å². The molecule has 0 atom stereocenters. The smallest absolute Gasteiger partial charge is 0.0622 e. The first-order chi connectivity index (χ1) is 20.8. The molecule has 42 heavy (non-hydrogen) atoms. The molecule has 1 aliphatic rings. The standard InChI is InChI=1S/C40H32P2/c1-7-19-33(20-8-1)39-31-42(37-27-15-5-16-28-37,38-29-17-6-18-30-38)40(34-21-9-2-10-22-34)32-41(39,35-23-11-3-12-24-35)36-25-13-4-14-26-36/h1-32H/q+2. The molecule has 0 spiro atoms. The molecule has 2 heteroatoms. The van der Waals surface area contributed by atoms with E-state index in [0.29, 0.717) is 0 Å². The summed E-state index contributed by atoms with van der Waals surface area (Å²) in [6.07, 6.45) is 0. The van der Waals surface area contributed by atoms with E-state index >= 15 is 0 Å². The fraction of sp³-hybridized carbons (Fsp3) is 0. The van der Waals surface area contributed by atoms with Gasteiger partial charge in [-0.1, -0.05) is 133 Å². The molecule has 200 valence electrons. The molecule has 1 aliphatic heterocycles. The Hall–Kier alpha value is -4.34. The quantitative estimate of drug-likeness (QED) is 0.174. The highest BCUT2D eigenvalue weighted by Crippen LogP contribution is 2.82. The minimum Gasteiger partial charge on any atom is -0.0622 e. The average molecular weight is 575 g/mol. The maximum absolute atomic E-state index is 2.73. The normalized spacial score (nSPS) is 15.3. The van der Waals surface area contributed by atoms with Crippen LogP contribution in [-0.2, 0) is 0 Å². The Labute approximate surface area is 250 Å². The Morgan fingerprint density at radius 3 is 0.690 bits per heavy atom. The number of benzene rings is 6. The predicted octanol–water partition coefficient (Wildman–Crippen LogP) is 9.33. The molecule has 0 nitrogen and oxygen atoms in total. The fourth-order valence-corrected chi connectivity index (χ4v) is 16.1. The number of hydrogen-bond acceptors (Lipinski definition) is 0. The van der Waals surface area contributed by atoms with Gasteiger partial charge in [0, 0.05) is 11.1 Å². The Morgan fingerprint density at radius 1 is 0.238 bits per heavy atom. The van der Waals surface area contributed by atoms with E-state index in [0.717, 1.165) is 0 Å². The van der Waals surface area contributed by atoms with E-state index in [1.54, 1.807) is 0 Å². The first kappa shape index (κ1) is 26.6. The monoisotopic (exact) mass is 574 g/mol. The Balaban J connectivity index is 1.70. The lowest BCUT2D eigenvalue weighted by atomic mass is 10.2. The van der Waals surface area contributed by atoms with Crippen LogP contribution in [0.3, 0.4) is 0 Å². The average Bonchev–Trinajstić information content (AvgIpc) is 3.10. The molecule has 1 heterocycles. The molecule has 6 aromatic rings. The zero-order valence-electron chi connectivity index (χ0n) is 23.4. The Morgan fingerprint density at radius 2 is 0.452 bits per heavy atom. The van der Waals surface area contributed by atoms with Gasteiger partial charge in [-0.15, -0.1) is 0 Å². The van der Waals surface area contributed by atoms with Crippen LogP contribution in [0.5, 0.6) is 0 Å². The van der Waals surface area contributed by atoms with Crippen molar-refractivity contribution in [1.82, 2.24) is 0 Å². The minimum atomic E-state index is -2.24. The lowest BCUT2D eigenvalue weighted by molar-refractivity contribution is 1.63. The van der Waals surface area contributed by atoms with Crippen molar-refractivity contribution in [1.29, 1.82) is 0 Å². The molecule has 0 aliphatic carbocycles. The van der Waals surface area contributed by atoms with Gasteiger partial charge in [0.1, 0.15) is 47.4 Å². The summed E-state index contributed by atoms with van der Waals surface area (Å²) >= 11 is 0. The molecule has 0 saturated heterocycles. The lowest BCUT2D eigenvalue weighted by Crippen LogP contribution is -2.29. The summed E-state index contributed by atoms with van der Waals surface area (Å²) in [5.41, 5.74) is 2.58. The van der Waals surface area contributed by atoms with Crippen molar-refractivity contribution >= 4 is 46.4 Å². The van der Waals surface area contributed by atoms with Gasteiger partial charge in [-0.05, 0) is 48.5 Å². The summed E-state index contributed by atoms with van der Waals surface area (Å²) in [4.78, 5) is 0. The molecule has 0 N–H and O–H groups in total. The fourth-order valence-electron chi connectivity index (χ4n) is 6.27. The van der Waals surface area contributed by atoms with E-state index in [1.807, 2.05) is 0 Å². The van der Waals surface area contributed by atoms with Crippen molar-refractivity contribution < 1.29 is 0 Å². The zero-order chi connectivity index (χ0) is 28.2. The van der Waals surface area contributed by atoms with E-state index < -0.39 is 14.5 Å². The molecule has 0 radical (unpaired) electrons. The summed E-state index contributed by atoms with van der Waals surface area (Å²) in [5.74, 6) is 5.45. The second kappa shape index (κ2) is 11.5. The van der Waals surface area contributed by atoms with Crippen LogP contribution in [-0.4, -0.2) is 0 Å². The Bertz CT molecular complexity index is 1610. The van der Waals surface area contributed by atoms with Crippen LogP contribution in [0.4, 0.5) is 0 Å². The lowest BCUT2D eigenvalue weighted by Gasteiger charge is -2.35. The van der Waals surface area contributed by atoms with E-state index in [1.165, 1.54) is 43.0 Å². The van der Waals surface area contributed by atoms with Crippen molar-refractivity contribution in [2.45, 2.75) is 0 Å². The SMILES string of the molecule is C1=C(c2ccccc2)[P+](c2ccccc2)(c2ccccc2)C=C(c2ccccc2)[P+]1(c1ccccc1)c1ccccc1. The third kappa shape index (κ3) is 4.49. The first-order valence-corrected chi connectivity index (χ1v) is 18.1. The van der Waals surface area contributed by atoms with Gasteiger partial charge in [-0.3, -0.25) is 0 Å². The molecule has 0 amide bonds. The van der Waals surface area contributed by atoms with Crippen LogP contribution >= 0.6 is 14.5 Å². The third-order valence-corrected chi connectivity index (χ3v) is 16.6. The van der Waals surface area contributed by atoms with Crippen molar-refractivity contribution in [3.05, 3.63) is 205 Å². The summed E-state index contributed by atoms with van der Waals surface area (Å²) in [6.45, 7) is 0. The van der Waals surface area contributed by atoms with Gasteiger partial charge in [0.25, 0.3) is 0 Å². The molecule has 0 saturated carbocycles. The second-order valence-corrected chi connectivity index (χ2v) is 17.0. The number of hydrogen-bond donors (Lipinski definition) is 0. The van der Waals surface area contributed by atoms with Crippen molar-refractivity contribution in [3.8, 4) is 0 Å². The maximum Gasteiger partial charge on any atom is 0.152 e. The summed E-state index contributed by atoms with van der Waals surface area (Å²) < 4.78 is 0. The van der Waals surface area contributed by atoms with Gasteiger partial charge in [0.15, 0.2) is 10.6 Å². The third-order valence-electron chi connectivity index (χ3n) is 8.18. The number of rotatable bonds is 6. The van der Waals surface area contributed by atoms with Crippen LogP contribution < -0.4 is 21.2 Å². The van der Waals surface area contributed by atoms with Crippen molar-refractivity contribution in [2.24, 2.45) is 0 Å². The van der Waals surface area contributed by atoms with E-state index in [4.69, 9.17) is 0 Å². The first-order valence-electron chi connectivity index (χ1n) is 14.4. The topological polar surface area (TPSA) is 0 Å². The van der Waals surface area contributed by atoms with Crippen LogP contribution in [0.2, 0.25) is 0 Å². The van der Waals surface area contributed by atoms with Crippen LogP contribution in [0.15, 0.2) is 194 Å². The van der Waals surface area contributed by atoms with Crippen LogP contribution in [0, 0.1) is 0 Å². The second-order valence-electron chi connectivity index (χ2n) is 10.5. The largest absolute Gasteiger partial charge is 0.152 e. The summed E-state index contributed by atoms with van der Waals surface area (Å²) in [6, 6.07) is 67.0. The van der Waals surface area contributed by atoms with Gasteiger partial charge in [0.2, 0.25) is 0 Å². The maximum atomic E-state index is 2.73. The molecule has 6 aromatic carbocycles. The molecule has 0 fully saturated rings. The van der Waals surface area contributed by atoms with Gasteiger partial charge in [-0.25, -0.2) is 0 Å². The van der Waals surface area contributed by atoms with Crippen LogP contribution in [0.1, 0.15) is 11.1 Å². The van der Waals surface area contributed by atoms with E-state index in [2.05, 4.69) is 194 Å². The highest BCUT2D eigenvalue weighted by Gasteiger charge is 2.59. The van der Waals surface area contributed by atoms with Gasteiger partial charge in [0.05, 0.1) is 0 Å². The van der Waals surface area contributed by atoms with Gasteiger partial charge < -0.3 is 0 Å². The minimum absolute atomic E-state index is 1.29. The highest BCUT2D eigenvalue weighted by molar-refractivity contribution is 8.07. The summed E-state index contributed by atoms with van der Waals surface area (Å²) in [7, 11) is -4.49. The molecular weight excluding hydrogens is 542 g/mol. The molecule has 7 rings (SSSR count). The van der Waals surface area contributed by atoms with E-state index in [9.17, 15) is 0 Å². The molecule has 0 aromatic heterocycles. The predicted molar refractivity (Wildman–Crippen MR) is 187 cm³/mol.